The van der Waals surface area contributed by atoms with Crippen LogP contribution in [0.2, 0.25) is 0 Å². The molecule has 0 saturated heterocycles. The molecule has 0 heterocycles. The number of aryl methyl sites for hydroxylation is 1. The first-order chi connectivity index (χ1) is 13.4. The number of ether oxygens (including phenoxy) is 2. The second kappa shape index (κ2) is 10.3. The van der Waals surface area contributed by atoms with Crippen LogP contribution < -0.4 is 0 Å². The van der Waals surface area contributed by atoms with Gasteiger partial charge in [-0.2, -0.15) is 8.42 Å². The quantitative estimate of drug-likeness (QED) is 0.201. The molecule has 9 heteroatoms. The fraction of sp³-hybridized carbons (Fsp3) is 0.263. The van der Waals surface area contributed by atoms with E-state index in [-0.39, 0.29) is 23.8 Å². The van der Waals surface area contributed by atoms with Gasteiger partial charge in [0, 0.05) is 17.6 Å². The fourth-order valence-electron chi connectivity index (χ4n) is 2.08. The maximum absolute atomic E-state index is 12.4. The Morgan fingerprint density at radius 3 is 2.25 bits per heavy atom. The lowest BCUT2D eigenvalue weighted by Gasteiger charge is -2.08. The van der Waals surface area contributed by atoms with Crippen LogP contribution in [0.4, 0.5) is 0 Å². The summed E-state index contributed by atoms with van der Waals surface area (Å²) < 4.78 is 39.4. The number of rotatable bonds is 9. The predicted molar refractivity (Wildman–Crippen MR) is 107 cm³/mol. The van der Waals surface area contributed by atoms with Gasteiger partial charge in [-0.25, -0.2) is 4.79 Å². The van der Waals surface area contributed by atoms with Crippen molar-refractivity contribution < 1.29 is 27.0 Å². The van der Waals surface area contributed by atoms with Crippen LogP contribution in [0.1, 0.15) is 11.1 Å². The largest absolute Gasteiger partial charge is 0.458 e. The highest BCUT2D eigenvalue weighted by molar-refractivity contribution is 7.98. The van der Waals surface area contributed by atoms with E-state index in [4.69, 9.17) is 13.8 Å². The molecule has 0 amide bonds. The Labute approximate surface area is 168 Å². The molecule has 0 atom stereocenters. The third-order valence-corrected chi connectivity index (χ3v) is 5.48. The Bertz CT molecular complexity index is 922. The summed E-state index contributed by atoms with van der Waals surface area (Å²) in [7, 11) is -2.70. The third-order valence-electron chi connectivity index (χ3n) is 3.61. The molecule has 0 spiro atoms. The standard InChI is InChI=1S/C19H21NO6S2/c1-14-4-10-17(11-5-14)28(22,23)26-20-18(19(21)25-13-12-24-2)15-6-8-16(27-3)9-7-15/h4-11H,12-13H2,1-3H3/b20-18+. The van der Waals surface area contributed by atoms with E-state index < -0.39 is 16.1 Å². The molecular weight excluding hydrogens is 402 g/mol. The van der Waals surface area contributed by atoms with Gasteiger partial charge in [-0.15, -0.1) is 11.8 Å². The van der Waals surface area contributed by atoms with E-state index in [0.717, 1.165) is 10.5 Å². The Morgan fingerprint density at radius 1 is 1.04 bits per heavy atom. The van der Waals surface area contributed by atoms with Crippen LogP contribution in [0, 0.1) is 6.92 Å². The number of oxime groups is 1. The lowest BCUT2D eigenvalue weighted by Crippen LogP contribution is -2.22. The van der Waals surface area contributed by atoms with Gasteiger partial charge < -0.3 is 9.47 Å². The van der Waals surface area contributed by atoms with E-state index >= 15 is 0 Å². The summed E-state index contributed by atoms with van der Waals surface area (Å²) in [6, 6.07) is 12.9. The van der Waals surface area contributed by atoms with Crippen molar-refractivity contribution in [1.82, 2.24) is 0 Å². The molecule has 0 aliphatic rings. The Hall–Kier alpha value is -2.36. The number of esters is 1. The molecule has 0 N–H and O–H groups in total. The molecule has 0 fully saturated rings. The molecule has 0 aliphatic heterocycles. The first kappa shape index (κ1) is 21.9. The van der Waals surface area contributed by atoms with E-state index in [1.165, 1.54) is 31.0 Å². The van der Waals surface area contributed by atoms with Gasteiger partial charge in [-0.1, -0.05) is 35.0 Å². The van der Waals surface area contributed by atoms with Gasteiger partial charge >= 0.3 is 16.1 Å². The fourth-order valence-corrected chi connectivity index (χ4v) is 3.21. The second-order valence-electron chi connectivity index (χ2n) is 5.64. The zero-order valence-corrected chi connectivity index (χ0v) is 17.4. The number of hydrogen-bond donors (Lipinski definition) is 0. The lowest BCUT2D eigenvalue weighted by molar-refractivity contribution is -0.136. The number of nitrogens with zero attached hydrogens (tertiary/aromatic N) is 1. The molecule has 7 nitrogen and oxygen atoms in total. The van der Waals surface area contributed by atoms with Crippen molar-refractivity contribution in [2.75, 3.05) is 26.6 Å². The molecule has 2 aromatic rings. The Morgan fingerprint density at radius 2 is 1.68 bits per heavy atom. The number of methoxy groups -OCH3 is 1. The van der Waals surface area contributed by atoms with E-state index in [9.17, 15) is 13.2 Å². The van der Waals surface area contributed by atoms with Crippen molar-refractivity contribution in [2.24, 2.45) is 5.16 Å². The van der Waals surface area contributed by atoms with E-state index in [1.807, 2.05) is 13.2 Å². The number of carbonyl (C=O) groups excluding carboxylic acids is 1. The van der Waals surface area contributed by atoms with Crippen molar-refractivity contribution in [3.63, 3.8) is 0 Å². The molecule has 0 radical (unpaired) electrons. The molecule has 28 heavy (non-hydrogen) atoms. The van der Waals surface area contributed by atoms with Crippen molar-refractivity contribution in [3.8, 4) is 0 Å². The summed E-state index contributed by atoms with van der Waals surface area (Å²) in [5.74, 6) is -0.812. The number of benzene rings is 2. The normalized spacial score (nSPS) is 11.9. The first-order valence-electron chi connectivity index (χ1n) is 8.26. The number of carbonyl (C=O) groups is 1. The third kappa shape index (κ3) is 6.08. The average Bonchev–Trinajstić information content (AvgIpc) is 2.69. The average molecular weight is 424 g/mol. The van der Waals surface area contributed by atoms with Crippen LogP contribution >= 0.6 is 11.8 Å². The minimum Gasteiger partial charge on any atom is -0.458 e. The predicted octanol–water partition coefficient (Wildman–Crippen LogP) is 3.02. The maximum Gasteiger partial charge on any atom is 0.361 e. The maximum atomic E-state index is 12.4. The van der Waals surface area contributed by atoms with Crippen LogP contribution in [-0.4, -0.2) is 46.7 Å². The first-order valence-corrected chi connectivity index (χ1v) is 10.9. The second-order valence-corrected chi connectivity index (χ2v) is 8.05. The SMILES string of the molecule is COCCOC(=O)/C(=N/OS(=O)(=O)c1ccc(C)cc1)c1ccc(SC)cc1. The van der Waals surface area contributed by atoms with Gasteiger partial charge in [-0.05, 0) is 37.4 Å². The Balaban J connectivity index is 2.30. The smallest absolute Gasteiger partial charge is 0.361 e. The molecule has 0 saturated carbocycles. The molecule has 0 aliphatic carbocycles. The van der Waals surface area contributed by atoms with Gasteiger partial charge in [0.2, 0.25) is 0 Å². The summed E-state index contributed by atoms with van der Waals surface area (Å²) in [5.41, 5.74) is 1.03. The molecule has 0 unspecified atom stereocenters. The highest BCUT2D eigenvalue weighted by Gasteiger charge is 2.21. The minimum absolute atomic E-state index is 0.00195. The van der Waals surface area contributed by atoms with Crippen LogP contribution in [0.25, 0.3) is 0 Å². The summed E-state index contributed by atoms with van der Waals surface area (Å²) in [6.45, 7) is 2.04. The molecule has 150 valence electrons. The molecular formula is C19H21NO6S2. The van der Waals surface area contributed by atoms with Crippen molar-refractivity contribution in [1.29, 1.82) is 0 Å². The van der Waals surface area contributed by atoms with Crippen molar-refractivity contribution in [3.05, 3.63) is 59.7 Å². The lowest BCUT2D eigenvalue weighted by atomic mass is 10.1. The van der Waals surface area contributed by atoms with Crippen LogP contribution in [-0.2, 0) is 28.7 Å². The van der Waals surface area contributed by atoms with Crippen LogP contribution in [0.5, 0.6) is 0 Å². The molecule has 2 rings (SSSR count). The van der Waals surface area contributed by atoms with Crippen LogP contribution in [0.3, 0.4) is 0 Å². The topological polar surface area (TPSA) is 91.3 Å². The molecule has 0 bridgehead atoms. The summed E-state index contributed by atoms with van der Waals surface area (Å²) in [4.78, 5) is 13.3. The van der Waals surface area contributed by atoms with Gasteiger partial charge in [0.15, 0.2) is 5.71 Å². The van der Waals surface area contributed by atoms with Gasteiger partial charge in [0.1, 0.15) is 11.5 Å². The van der Waals surface area contributed by atoms with Gasteiger partial charge in [0.05, 0.1) is 6.61 Å². The van der Waals surface area contributed by atoms with E-state index in [2.05, 4.69) is 5.16 Å². The highest BCUT2D eigenvalue weighted by atomic mass is 32.2. The number of thioether (sulfide) groups is 1. The number of hydrogen-bond acceptors (Lipinski definition) is 8. The van der Waals surface area contributed by atoms with Gasteiger partial charge in [-0.3, -0.25) is 4.28 Å². The summed E-state index contributed by atoms with van der Waals surface area (Å²) in [5, 5.41) is 3.61. The molecule has 2 aromatic carbocycles. The molecule has 0 aromatic heterocycles. The minimum atomic E-state index is -4.18. The zero-order chi connectivity index (χ0) is 20.6. The monoisotopic (exact) mass is 423 g/mol. The van der Waals surface area contributed by atoms with Crippen molar-refractivity contribution >= 4 is 33.6 Å². The zero-order valence-electron chi connectivity index (χ0n) is 15.7. The van der Waals surface area contributed by atoms with Crippen LogP contribution in [0.15, 0.2) is 63.5 Å². The highest BCUT2D eigenvalue weighted by Crippen LogP contribution is 2.17. The van der Waals surface area contributed by atoms with E-state index in [0.29, 0.717) is 5.56 Å². The van der Waals surface area contributed by atoms with Crippen molar-refractivity contribution in [2.45, 2.75) is 16.7 Å². The Kier molecular flexibility index (Phi) is 8.04. The summed E-state index contributed by atoms with van der Waals surface area (Å²) >= 11 is 1.53. The van der Waals surface area contributed by atoms with E-state index in [1.54, 1.807) is 36.4 Å². The van der Waals surface area contributed by atoms with Gasteiger partial charge in [0.25, 0.3) is 0 Å². The summed E-state index contributed by atoms with van der Waals surface area (Å²) in [6.07, 6.45) is 1.92.